The Bertz CT molecular complexity index is 1070. The van der Waals surface area contributed by atoms with Crippen molar-refractivity contribution in [3.63, 3.8) is 0 Å². The van der Waals surface area contributed by atoms with Crippen LogP contribution in [-0.4, -0.2) is 5.11 Å². The van der Waals surface area contributed by atoms with Gasteiger partial charge in [-0.2, -0.15) is 0 Å². The zero-order valence-electron chi connectivity index (χ0n) is 12.9. The molecule has 1 N–H and O–H groups in total. The maximum absolute atomic E-state index is 9.66. The van der Waals surface area contributed by atoms with E-state index in [4.69, 9.17) is 9.41 Å². The maximum atomic E-state index is 9.66. The average molecular weight is 313 g/mol. The lowest BCUT2D eigenvalue weighted by molar-refractivity contribution is 0.475. The van der Waals surface area contributed by atoms with E-state index in [0.717, 1.165) is 27.7 Å². The molecular formula is C21H15NO2. The van der Waals surface area contributed by atoms with Gasteiger partial charge in [0.15, 0.2) is 0 Å². The van der Waals surface area contributed by atoms with Gasteiger partial charge in [0.25, 0.3) is 0 Å². The summed E-state index contributed by atoms with van der Waals surface area (Å²) in [5.74, 6) is 0.956. The summed E-state index contributed by atoms with van der Waals surface area (Å²) in [5.41, 5.74) is 2.47. The topological polar surface area (TPSA) is 45.7 Å². The Morgan fingerprint density at radius 2 is 1.54 bits per heavy atom. The van der Waals surface area contributed by atoms with E-state index < -0.39 is 0 Å². The molecule has 1 aromatic heterocycles. The minimum absolute atomic E-state index is 0.199. The van der Waals surface area contributed by atoms with Crippen LogP contribution in [0.4, 0.5) is 5.69 Å². The average Bonchev–Trinajstić information content (AvgIpc) is 2.62. The fourth-order valence-electron chi connectivity index (χ4n) is 2.66. The van der Waals surface area contributed by atoms with E-state index in [1.807, 2.05) is 66.7 Å². The van der Waals surface area contributed by atoms with Gasteiger partial charge >= 0.3 is 0 Å². The molecule has 3 aromatic carbocycles. The summed E-state index contributed by atoms with van der Waals surface area (Å²) >= 11 is 0. The molecule has 0 saturated carbocycles. The first-order valence-electron chi connectivity index (χ1n) is 7.72. The second-order valence-electron chi connectivity index (χ2n) is 5.49. The van der Waals surface area contributed by atoms with Gasteiger partial charge in [-0.05, 0) is 24.3 Å². The third-order valence-electron chi connectivity index (χ3n) is 3.79. The van der Waals surface area contributed by atoms with Crippen molar-refractivity contribution in [2.75, 3.05) is 0 Å². The predicted molar refractivity (Wildman–Crippen MR) is 95.0 cm³/mol. The molecule has 0 fully saturated rings. The van der Waals surface area contributed by atoms with Crippen molar-refractivity contribution in [2.24, 2.45) is 4.99 Å². The molecule has 3 nitrogen and oxygen atoms in total. The lowest BCUT2D eigenvalue weighted by Gasteiger charge is -2.05. The van der Waals surface area contributed by atoms with Crippen LogP contribution in [0.3, 0.4) is 0 Å². The zero-order valence-corrected chi connectivity index (χ0v) is 12.9. The Hall–Kier alpha value is -3.33. The second-order valence-corrected chi connectivity index (χ2v) is 5.49. The van der Waals surface area contributed by atoms with Gasteiger partial charge in [-0.25, -0.2) is 4.99 Å². The lowest BCUT2D eigenvalue weighted by Crippen LogP contribution is -2.02. The first-order valence-corrected chi connectivity index (χ1v) is 7.72. The first-order chi connectivity index (χ1) is 11.8. The van der Waals surface area contributed by atoms with Gasteiger partial charge in [-0.3, -0.25) is 0 Å². The number of benzene rings is 3. The molecule has 0 spiro atoms. The molecule has 3 heteroatoms. The van der Waals surface area contributed by atoms with Gasteiger partial charge in [0.1, 0.15) is 17.1 Å². The summed E-state index contributed by atoms with van der Waals surface area (Å²) in [6.45, 7) is 0. The number of fused-ring (bicyclic) bond motifs is 1. The van der Waals surface area contributed by atoms with Crippen molar-refractivity contribution in [1.29, 1.82) is 0 Å². The Morgan fingerprint density at radius 1 is 0.750 bits per heavy atom. The van der Waals surface area contributed by atoms with Gasteiger partial charge < -0.3 is 9.52 Å². The van der Waals surface area contributed by atoms with E-state index in [1.165, 1.54) is 0 Å². The largest absolute Gasteiger partial charge is 0.508 e. The number of aromatic hydroxyl groups is 1. The highest BCUT2D eigenvalue weighted by Crippen LogP contribution is 2.23. The summed E-state index contributed by atoms with van der Waals surface area (Å²) in [4.78, 5) is 4.70. The Labute approximate surface area is 139 Å². The third kappa shape index (κ3) is 2.79. The van der Waals surface area contributed by atoms with E-state index in [2.05, 4.69) is 0 Å². The van der Waals surface area contributed by atoms with Crippen LogP contribution in [0.5, 0.6) is 5.75 Å². The fraction of sp³-hybridized carbons (Fsp3) is 0. The molecule has 0 aliphatic carbocycles. The Morgan fingerprint density at radius 3 is 2.38 bits per heavy atom. The molecule has 0 amide bonds. The molecule has 1 heterocycles. The molecule has 24 heavy (non-hydrogen) atoms. The summed E-state index contributed by atoms with van der Waals surface area (Å²) < 4.78 is 6.04. The number of nitrogens with zero attached hydrogens (tertiary/aromatic N) is 1. The minimum Gasteiger partial charge on any atom is -0.508 e. The van der Waals surface area contributed by atoms with Gasteiger partial charge in [0.05, 0.1) is 11.0 Å². The Balaban J connectivity index is 2.00. The van der Waals surface area contributed by atoms with Gasteiger partial charge in [0, 0.05) is 23.1 Å². The standard InChI is InChI=1S/C21H15NO2/c23-17-10-6-9-16(13-17)22-19-14-21(15-7-2-1-3-8-15)24-20-12-5-4-11-18(19)20/h1-14,23H. The molecule has 0 saturated heterocycles. The van der Waals surface area contributed by atoms with Crippen LogP contribution in [0.25, 0.3) is 22.3 Å². The van der Waals surface area contributed by atoms with Crippen LogP contribution < -0.4 is 5.36 Å². The molecule has 0 bridgehead atoms. The summed E-state index contributed by atoms with van der Waals surface area (Å²) in [7, 11) is 0. The molecule has 0 aliphatic heterocycles. The van der Waals surface area contributed by atoms with E-state index in [-0.39, 0.29) is 5.75 Å². The van der Waals surface area contributed by atoms with Crippen LogP contribution in [0.2, 0.25) is 0 Å². The van der Waals surface area contributed by atoms with Crippen molar-refractivity contribution in [2.45, 2.75) is 0 Å². The number of para-hydroxylation sites is 1. The number of phenolic OH excluding ortho intramolecular Hbond substituents is 1. The first kappa shape index (κ1) is 14.3. The second kappa shape index (κ2) is 6.05. The SMILES string of the molecule is Oc1cccc(N=c2cc(-c3ccccc3)oc3ccccc23)c1. The van der Waals surface area contributed by atoms with E-state index >= 15 is 0 Å². The third-order valence-corrected chi connectivity index (χ3v) is 3.79. The quantitative estimate of drug-likeness (QED) is 0.563. The molecule has 0 atom stereocenters. The number of phenols is 1. The number of hydrogen-bond acceptors (Lipinski definition) is 3. The van der Waals surface area contributed by atoms with Crippen molar-refractivity contribution in [3.05, 3.63) is 90.3 Å². The maximum Gasteiger partial charge on any atom is 0.136 e. The number of hydrogen-bond donors (Lipinski definition) is 1. The van der Waals surface area contributed by atoms with Crippen molar-refractivity contribution in [3.8, 4) is 17.1 Å². The van der Waals surface area contributed by atoms with E-state index in [9.17, 15) is 5.11 Å². The van der Waals surface area contributed by atoms with Crippen LogP contribution >= 0.6 is 0 Å². The fourth-order valence-corrected chi connectivity index (χ4v) is 2.66. The molecular weight excluding hydrogens is 298 g/mol. The van der Waals surface area contributed by atoms with Gasteiger partial charge in [-0.1, -0.05) is 48.5 Å². The molecule has 4 aromatic rings. The van der Waals surface area contributed by atoms with Crippen molar-refractivity contribution < 1.29 is 9.52 Å². The van der Waals surface area contributed by atoms with Gasteiger partial charge in [0.2, 0.25) is 0 Å². The Kier molecular flexibility index (Phi) is 3.60. The lowest BCUT2D eigenvalue weighted by atomic mass is 10.1. The minimum atomic E-state index is 0.199. The van der Waals surface area contributed by atoms with Crippen LogP contribution in [0.15, 0.2) is 94.3 Å². The molecule has 4 rings (SSSR count). The molecule has 0 aliphatic rings. The van der Waals surface area contributed by atoms with E-state index in [0.29, 0.717) is 5.69 Å². The molecule has 116 valence electrons. The summed E-state index contributed by atoms with van der Waals surface area (Å²) in [6.07, 6.45) is 0. The highest BCUT2D eigenvalue weighted by Gasteiger charge is 2.05. The van der Waals surface area contributed by atoms with E-state index in [1.54, 1.807) is 18.2 Å². The van der Waals surface area contributed by atoms with Crippen molar-refractivity contribution in [1.82, 2.24) is 0 Å². The molecule has 0 unspecified atom stereocenters. The van der Waals surface area contributed by atoms with Crippen LogP contribution in [0, 0.1) is 0 Å². The zero-order chi connectivity index (χ0) is 16.4. The van der Waals surface area contributed by atoms with Crippen molar-refractivity contribution >= 4 is 16.7 Å². The highest BCUT2D eigenvalue weighted by atomic mass is 16.3. The smallest absolute Gasteiger partial charge is 0.136 e. The van der Waals surface area contributed by atoms with Gasteiger partial charge in [-0.15, -0.1) is 0 Å². The van der Waals surface area contributed by atoms with Crippen LogP contribution in [-0.2, 0) is 0 Å². The highest BCUT2D eigenvalue weighted by molar-refractivity contribution is 5.78. The monoisotopic (exact) mass is 313 g/mol. The summed E-state index contributed by atoms with van der Waals surface area (Å²) in [6, 6.07) is 26.6. The number of rotatable bonds is 2. The summed E-state index contributed by atoms with van der Waals surface area (Å²) in [5, 5.41) is 11.4. The molecule has 0 radical (unpaired) electrons. The van der Waals surface area contributed by atoms with Crippen LogP contribution in [0.1, 0.15) is 0 Å². The predicted octanol–water partition coefficient (Wildman–Crippen LogP) is 5.04. The normalized spacial score (nSPS) is 11.8.